The molecule has 0 radical (unpaired) electrons. The van der Waals surface area contributed by atoms with Crippen LogP contribution in [0.3, 0.4) is 0 Å². The molecule has 2 unspecified atom stereocenters. The quantitative estimate of drug-likeness (QED) is 0.0343. The lowest BCUT2D eigenvalue weighted by atomic mass is 10.0. The molecule has 0 N–H and O–H groups in total. The second-order valence-electron chi connectivity index (χ2n) is 24.1. The summed E-state index contributed by atoms with van der Waals surface area (Å²) >= 11 is 0. The van der Waals surface area contributed by atoms with Crippen LogP contribution in [-0.4, -0.2) is 43.1 Å². The van der Waals surface area contributed by atoms with Crippen molar-refractivity contribution >= 4 is 17.7 Å². The molecule has 0 aliphatic carbocycles. The van der Waals surface area contributed by atoms with Crippen LogP contribution in [0.25, 0.3) is 0 Å². The molecule has 464 valence electrons. The van der Waals surface area contributed by atoms with Gasteiger partial charge in [0.2, 0.25) is 0 Å². The van der Waals surface area contributed by atoms with E-state index in [0.29, 0.717) is 25.9 Å². The van der Waals surface area contributed by atoms with E-state index in [4.69, 9.17) is 14.2 Å². The normalized spacial score (nSPS) is 12.7. The lowest BCUT2D eigenvalue weighted by Gasteiger charge is -2.26. The van der Waals surface area contributed by atoms with E-state index in [2.05, 4.69) is 64.2 Å². The minimum absolute atomic E-state index is 0.0301. The molecular weight excluding hydrogens is 973 g/mol. The van der Waals surface area contributed by atoms with E-state index < -0.39 is 12.2 Å². The lowest BCUT2D eigenvalue weighted by molar-refractivity contribution is -0.172. The number of carbonyl (C=O) groups is 3. The van der Waals surface area contributed by atoms with E-state index in [-0.39, 0.29) is 24.3 Å². The number of allylic oxidation sites excluding steroid dienone is 6. The van der Waals surface area contributed by atoms with Crippen LogP contribution in [0, 0.1) is 0 Å². The summed E-state index contributed by atoms with van der Waals surface area (Å²) in [5.74, 6) is -0.634. The standard InChI is InChI=1S/C73H136O6/c1-5-9-13-17-21-25-29-33-37-40-44-48-52-56-60-64-69(74)73(77-67-63-59-55-51-47-43-36-32-28-24-20-16-12-8-4)70(79-72(76)66-62-58-54-50-46-42-39-35-31-27-23-19-15-11-7-3)68-78-71(75)65-61-57-53-49-45-41-38-34-30-26-22-18-14-10-6-2/h22,26,33-34,37-38,70,73H,5-21,23-25,27-32,35-36,39-68H2,1-4H3/b26-22-,37-33-,38-34-. The SMILES string of the molecule is CCCCC/C=C\C/C=C\CCCCCCCC(=O)OCC(OC(=O)CCCCCCCCCCCCCCCCC)C(OCCCCCCCCCCCCCCCC)C(=O)CCCCCCC/C=C\CCCCCCCC. The van der Waals surface area contributed by atoms with E-state index in [0.717, 1.165) is 103 Å². The first-order valence-corrected chi connectivity index (χ1v) is 35.4. The van der Waals surface area contributed by atoms with Crippen molar-refractivity contribution in [1.82, 2.24) is 0 Å². The first kappa shape index (κ1) is 76.8. The van der Waals surface area contributed by atoms with Crippen LogP contribution in [0.4, 0.5) is 0 Å². The fraction of sp³-hybridized carbons (Fsp3) is 0.877. The predicted molar refractivity (Wildman–Crippen MR) is 344 cm³/mol. The Bertz CT molecular complexity index is 1340. The lowest BCUT2D eigenvalue weighted by Crippen LogP contribution is -2.43. The smallest absolute Gasteiger partial charge is 0.306 e. The van der Waals surface area contributed by atoms with Gasteiger partial charge in [0.15, 0.2) is 18.0 Å². The van der Waals surface area contributed by atoms with Crippen molar-refractivity contribution in [3.05, 3.63) is 36.5 Å². The summed E-state index contributed by atoms with van der Waals surface area (Å²) in [7, 11) is 0. The van der Waals surface area contributed by atoms with Crippen molar-refractivity contribution in [2.75, 3.05) is 13.2 Å². The van der Waals surface area contributed by atoms with Gasteiger partial charge in [-0.1, -0.05) is 321 Å². The number of hydrogen-bond acceptors (Lipinski definition) is 6. The molecule has 0 aliphatic rings. The first-order chi connectivity index (χ1) is 39.0. The number of Topliss-reactive ketones (excluding diaryl/α,β-unsaturated/α-hetero) is 1. The van der Waals surface area contributed by atoms with Gasteiger partial charge in [-0.2, -0.15) is 0 Å². The minimum atomic E-state index is -0.931. The van der Waals surface area contributed by atoms with Gasteiger partial charge in [0.25, 0.3) is 0 Å². The average molecular weight is 1110 g/mol. The summed E-state index contributed by atoms with van der Waals surface area (Å²) in [6.07, 6.45) is 77.9. The number of ketones is 1. The third kappa shape index (κ3) is 60.2. The molecule has 79 heavy (non-hydrogen) atoms. The molecule has 0 saturated heterocycles. The number of esters is 2. The average Bonchev–Trinajstić information content (AvgIpc) is 3.45. The van der Waals surface area contributed by atoms with Gasteiger partial charge in [0, 0.05) is 25.9 Å². The highest BCUT2D eigenvalue weighted by Crippen LogP contribution is 2.20. The molecule has 0 aromatic heterocycles. The van der Waals surface area contributed by atoms with Crippen LogP contribution in [-0.2, 0) is 28.6 Å². The highest BCUT2D eigenvalue weighted by atomic mass is 16.6. The summed E-state index contributed by atoms with van der Waals surface area (Å²) in [6.45, 7) is 9.39. The number of ether oxygens (including phenoxy) is 3. The van der Waals surface area contributed by atoms with Gasteiger partial charge in [0.1, 0.15) is 6.61 Å². The van der Waals surface area contributed by atoms with Crippen LogP contribution >= 0.6 is 0 Å². The summed E-state index contributed by atoms with van der Waals surface area (Å²) in [5.41, 5.74) is 0. The van der Waals surface area contributed by atoms with Gasteiger partial charge >= 0.3 is 11.9 Å². The maximum absolute atomic E-state index is 14.2. The molecule has 2 atom stereocenters. The van der Waals surface area contributed by atoms with Gasteiger partial charge in [-0.25, -0.2) is 0 Å². The number of rotatable bonds is 66. The van der Waals surface area contributed by atoms with E-state index >= 15 is 0 Å². The Kier molecular flexibility index (Phi) is 64.7. The molecule has 0 bridgehead atoms. The van der Waals surface area contributed by atoms with Crippen molar-refractivity contribution in [3.63, 3.8) is 0 Å². The molecule has 0 spiro atoms. The number of carbonyl (C=O) groups excluding carboxylic acids is 3. The largest absolute Gasteiger partial charge is 0.462 e. The monoisotopic (exact) mass is 1110 g/mol. The zero-order valence-corrected chi connectivity index (χ0v) is 53.6. The molecule has 0 aromatic rings. The Morgan fingerprint density at radius 3 is 0.962 bits per heavy atom. The van der Waals surface area contributed by atoms with Crippen LogP contribution in [0.2, 0.25) is 0 Å². The number of hydrogen-bond donors (Lipinski definition) is 0. The van der Waals surface area contributed by atoms with Crippen molar-refractivity contribution in [3.8, 4) is 0 Å². The van der Waals surface area contributed by atoms with E-state index in [1.807, 2.05) is 0 Å². The Hall–Kier alpha value is -2.21. The Labute approximate surface area is 493 Å². The van der Waals surface area contributed by atoms with E-state index in [1.54, 1.807) is 0 Å². The fourth-order valence-electron chi connectivity index (χ4n) is 10.8. The first-order valence-electron chi connectivity index (χ1n) is 35.4. The summed E-state index contributed by atoms with van der Waals surface area (Å²) < 4.78 is 18.5. The van der Waals surface area contributed by atoms with Crippen LogP contribution in [0.5, 0.6) is 0 Å². The van der Waals surface area contributed by atoms with Gasteiger partial charge in [-0.15, -0.1) is 0 Å². The van der Waals surface area contributed by atoms with E-state index in [9.17, 15) is 14.4 Å². The van der Waals surface area contributed by atoms with Gasteiger partial charge in [-0.05, 0) is 83.5 Å². The minimum Gasteiger partial charge on any atom is -0.462 e. The second-order valence-corrected chi connectivity index (χ2v) is 24.1. The van der Waals surface area contributed by atoms with Crippen LogP contribution < -0.4 is 0 Å². The molecule has 0 aromatic carbocycles. The van der Waals surface area contributed by atoms with Gasteiger partial charge in [-0.3, -0.25) is 14.4 Å². The molecule has 0 rings (SSSR count). The molecule has 0 amide bonds. The fourth-order valence-corrected chi connectivity index (χ4v) is 10.8. The zero-order valence-electron chi connectivity index (χ0n) is 53.6. The van der Waals surface area contributed by atoms with Crippen molar-refractivity contribution in [2.45, 2.75) is 399 Å². The predicted octanol–water partition coefficient (Wildman–Crippen LogP) is 24.0. The molecule has 6 heteroatoms. The number of unbranched alkanes of at least 4 members (excludes halogenated alkanes) is 46. The van der Waals surface area contributed by atoms with Gasteiger partial charge in [0.05, 0.1) is 0 Å². The maximum Gasteiger partial charge on any atom is 0.306 e. The molecule has 6 nitrogen and oxygen atoms in total. The molecule has 0 saturated carbocycles. The summed E-state index contributed by atoms with van der Waals surface area (Å²) in [4.78, 5) is 41.0. The van der Waals surface area contributed by atoms with Gasteiger partial charge < -0.3 is 14.2 Å². The Balaban J connectivity index is 5.34. The molecule has 0 fully saturated rings. The van der Waals surface area contributed by atoms with Crippen LogP contribution in [0.15, 0.2) is 36.5 Å². The summed E-state index contributed by atoms with van der Waals surface area (Å²) in [6, 6.07) is 0. The third-order valence-corrected chi connectivity index (χ3v) is 16.1. The van der Waals surface area contributed by atoms with E-state index in [1.165, 1.54) is 238 Å². The highest BCUT2D eigenvalue weighted by molar-refractivity contribution is 5.84. The van der Waals surface area contributed by atoms with Crippen molar-refractivity contribution in [1.29, 1.82) is 0 Å². The van der Waals surface area contributed by atoms with Crippen LogP contribution in [0.1, 0.15) is 387 Å². The summed E-state index contributed by atoms with van der Waals surface area (Å²) in [5, 5.41) is 0. The second kappa shape index (κ2) is 66.6. The molecular formula is C73H136O6. The third-order valence-electron chi connectivity index (χ3n) is 16.1. The Morgan fingerprint density at radius 2 is 0.582 bits per heavy atom. The van der Waals surface area contributed by atoms with Crippen molar-refractivity contribution in [2.24, 2.45) is 0 Å². The van der Waals surface area contributed by atoms with Crippen molar-refractivity contribution < 1.29 is 28.6 Å². The highest BCUT2D eigenvalue weighted by Gasteiger charge is 2.33. The zero-order chi connectivity index (χ0) is 57.3. The molecule has 0 aliphatic heterocycles. The molecule has 0 heterocycles. The topological polar surface area (TPSA) is 78.9 Å². The maximum atomic E-state index is 14.2. The Morgan fingerprint density at radius 1 is 0.304 bits per heavy atom.